The first-order chi connectivity index (χ1) is 15.3. The number of allylic oxidation sites excluding steroid dienone is 2. The summed E-state index contributed by atoms with van der Waals surface area (Å²) in [6.07, 6.45) is 28.0. The van der Waals surface area contributed by atoms with Crippen molar-refractivity contribution in [3.05, 3.63) is 47.0 Å². The van der Waals surface area contributed by atoms with Crippen molar-refractivity contribution in [3.8, 4) is 0 Å². The van der Waals surface area contributed by atoms with Crippen molar-refractivity contribution in [1.29, 1.82) is 0 Å². The summed E-state index contributed by atoms with van der Waals surface area (Å²) in [5.41, 5.74) is 4.80. The van der Waals surface area contributed by atoms with Gasteiger partial charge in [-0.3, -0.25) is 0 Å². The fourth-order valence-electron chi connectivity index (χ4n) is 6.13. The van der Waals surface area contributed by atoms with Crippen LogP contribution < -0.4 is 0 Å². The van der Waals surface area contributed by atoms with E-state index in [4.69, 9.17) is 0 Å². The Hall–Kier alpha value is -1.04. The van der Waals surface area contributed by atoms with Gasteiger partial charge in [0.2, 0.25) is 0 Å². The van der Waals surface area contributed by atoms with Gasteiger partial charge < -0.3 is 0 Å². The quantitative estimate of drug-likeness (QED) is 0.219. The molecule has 0 amide bonds. The van der Waals surface area contributed by atoms with Gasteiger partial charge in [0.05, 0.1) is 0 Å². The molecule has 174 valence electrons. The lowest BCUT2D eigenvalue weighted by Gasteiger charge is -2.35. The second kappa shape index (κ2) is 14.2. The smallest absolute Gasteiger partial charge is 0.0241 e. The molecule has 0 aliphatic heterocycles. The minimum atomic E-state index is 0.993. The van der Waals surface area contributed by atoms with Crippen LogP contribution in [0.3, 0.4) is 0 Å². The molecule has 0 radical (unpaired) electrons. The maximum Gasteiger partial charge on any atom is -0.0241 e. The standard InChI is InChI=1S/C31H50/c1-3-5-7-9-11-26-12-14-28(15-13-26)16-17-29-20-24-31(25-21-29)30-22-18-27(19-23-30)10-8-6-4-2/h12-15,20,27,30-31H,3-11,16-19,21-25H2,1-2H3/t27-,30-,31?. The molecule has 2 aliphatic rings. The van der Waals surface area contributed by atoms with E-state index in [-0.39, 0.29) is 0 Å². The maximum absolute atomic E-state index is 2.64. The summed E-state index contributed by atoms with van der Waals surface area (Å²) < 4.78 is 0. The van der Waals surface area contributed by atoms with Gasteiger partial charge in [-0.1, -0.05) is 108 Å². The predicted octanol–water partition coefficient (Wildman–Crippen LogP) is 9.86. The van der Waals surface area contributed by atoms with Crippen molar-refractivity contribution in [2.75, 3.05) is 0 Å². The van der Waals surface area contributed by atoms with Gasteiger partial charge >= 0.3 is 0 Å². The van der Waals surface area contributed by atoms with E-state index in [1.54, 1.807) is 5.57 Å². The zero-order chi connectivity index (χ0) is 21.7. The molecular formula is C31H50. The van der Waals surface area contributed by atoms with Gasteiger partial charge in [0.25, 0.3) is 0 Å². The molecule has 1 aromatic carbocycles. The zero-order valence-electron chi connectivity index (χ0n) is 20.8. The molecule has 1 aromatic rings. The van der Waals surface area contributed by atoms with Crippen LogP contribution >= 0.6 is 0 Å². The van der Waals surface area contributed by atoms with Crippen molar-refractivity contribution >= 4 is 0 Å². The van der Waals surface area contributed by atoms with Crippen molar-refractivity contribution < 1.29 is 0 Å². The Balaban J connectivity index is 1.33. The van der Waals surface area contributed by atoms with E-state index in [2.05, 4.69) is 44.2 Å². The van der Waals surface area contributed by atoms with E-state index in [0.717, 1.165) is 17.8 Å². The molecule has 31 heavy (non-hydrogen) atoms. The summed E-state index contributed by atoms with van der Waals surface area (Å²) in [7, 11) is 0. The molecule has 0 nitrogen and oxygen atoms in total. The van der Waals surface area contributed by atoms with Crippen LogP contribution in [0.25, 0.3) is 0 Å². The fourth-order valence-corrected chi connectivity index (χ4v) is 6.13. The SMILES string of the molecule is CCCCCCc1ccc(CCC2=CCC([C@H]3CC[C@H](CCCCC)CC3)CC2)cc1. The average Bonchev–Trinajstić information content (AvgIpc) is 2.82. The highest BCUT2D eigenvalue weighted by Crippen LogP contribution is 2.41. The molecule has 0 heterocycles. The van der Waals surface area contributed by atoms with Crippen molar-refractivity contribution in [2.24, 2.45) is 17.8 Å². The van der Waals surface area contributed by atoms with Crippen LogP contribution in [0.5, 0.6) is 0 Å². The lowest BCUT2D eigenvalue weighted by atomic mass is 9.70. The minimum absolute atomic E-state index is 0.993. The summed E-state index contributed by atoms with van der Waals surface area (Å²) in [6.45, 7) is 4.62. The fraction of sp³-hybridized carbons (Fsp3) is 0.742. The first-order valence-corrected chi connectivity index (χ1v) is 14.0. The van der Waals surface area contributed by atoms with Crippen LogP contribution in [0.1, 0.15) is 128 Å². The third kappa shape index (κ3) is 8.78. The largest absolute Gasteiger partial charge is 0.0850 e. The van der Waals surface area contributed by atoms with Gasteiger partial charge in [-0.15, -0.1) is 0 Å². The number of unbranched alkanes of at least 4 members (excludes halogenated alkanes) is 5. The molecule has 1 unspecified atom stereocenters. The van der Waals surface area contributed by atoms with Crippen molar-refractivity contribution in [3.63, 3.8) is 0 Å². The maximum atomic E-state index is 2.64. The van der Waals surface area contributed by atoms with Gasteiger partial charge in [0, 0.05) is 0 Å². The van der Waals surface area contributed by atoms with E-state index in [1.165, 1.54) is 127 Å². The third-order valence-electron chi connectivity index (χ3n) is 8.40. The van der Waals surface area contributed by atoms with Gasteiger partial charge in [-0.05, 0) is 86.7 Å². The average molecular weight is 423 g/mol. The Morgan fingerprint density at radius 3 is 1.97 bits per heavy atom. The van der Waals surface area contributed by atoms with Crippen LogP contribution in [0.2, 0.25) is 0 Å². The summed E-state index contributed by atoms with van der Waals surface area (Å²) in [5, 5.41) is 0. The Bertz CT molecular complexity index is 614. The van der Waals surface area contributed by atoms with Gasteiger partial charge in [-0.2, -0.15) is 0 Å². The van der Waals surface area contributed by atoms with E-state index >= 15 is 0 Å². The van der Waals surface area contributed by atoms with E-state index < -0.39 is 0 Å². The van der Waals surface area contributed by atoms with Crippen LogP contribution in [0.4, 0.5) is 0 Å². The van der Waals surface area contributed by atoms with Crippen LogP contribution in [-0.4, -0.2) is 0 Å². The van der Waals surface area contributed by atoms with Crippen molar-refractivity contribution in [1.82, 2.24) is 0 Å². The summed E-state index contributed by atoms with van der Waals surface area (Å²) in [5.74, 6) is 3.08. The molecule has 3 rings (SSSR count). The second-order valence-electron chi connectivity index (χ2n) is 10.8. The Kier molecular flexibility index (Phi) is 11.3. The molecule has 0 aromatic heterocycles. The first kappa shape index (κ1) is 24.6. The molecule has 0 spiro atoms. The summed E-state index contributed by atoms with van der Waals surface area (Å²) >= 11 is 0. The Morgan fingerprint density at radius 1 is 0.645 bits per heavy atom. The molecule has 1 saturated carbocycles. The molecule has 0 saturated heterocycles. The summed E-state index contributed by atoms with van der Waals surface area (Å²) in [6, 6.07) is 9.54. The molecule has 2 aliphatic carbocycles. The van der Waals surface area contributed by atoms with Crippen LogP contribution in [0, 0.1) is 17.8 Å². The Labute approximate surface area is 194 Å². The number of rotatable bonds is 13. The molecule has 1 fully saturated rings. The van der Waals surface area contributed by atoms with Gasteiger partial charge in [-0.25, -0.2) is 0 Å². The lowest BCUT2D eigenvalue weighted by Crippen LogP contribution is -2.23. The van der Waals surface area contributed by atoms with E-state index in [0.29, 0.717) is 0 Å². The zero-order valence-corrected chi connectivity index (χ0v) is 20.8. The van der Waals surface area contributed by atoms with Crippen LogP contribution in [-0.2, 0) is 12.8 Å². The molecule has 0 heteroatoms. The highest BCUT2D eigenvalue weighted by atomic mass is 14.3. The number of hydrogen-bond acceptors (Lipinski definition) is 0. The third-order valence-corrected chi connectivity index (χ3v) is 8.40. The number of aryl methyl sites for hydroxylation is 2. The number of benzene rings is 1. The predicted molar refractivity (Wildman–Crippen MR) is 138 cm³/mol. The summed E-state index contributed by atoms with van der Waals surface area (Å²) in [4.78, 5) is 0. The topological polar surface area (TPSA) is 0 Å². The normalized spacial score (nSPS) is 24.2. The molecular weight excluding hydrogens is 372 g/mol. The molecule has 1 atom stereocenters. The minimum Gasteiger partial charge on any atom is -0.0850 e. The molecule has 0 bridgehead atoms. The highest BCUT2D eigenvalue weighted by molar-refractivity contribution is 5.24. The van der Waals surface area contributed by atoms with Crippen LogP contribution in [0.15, 0.2) is 35.9 Å². The highest BCUT2D eigenvalue weighted by Gasteiger charge is 2.28. The van der Waals surface area contributed by atoms with Gasteiger partial charge in [0.1, 0.15) is 0 Å². The van der Waals surface area contributed by atoms with E-state index in [1.807, 2.05) is 0 Å². The van der Waals surface area contributed by atoms with Crippen molar-refractivity contribution in [2.45, 2.75) is 129 Å². The number of hydrogen-bond donors (Lipinski definition) is 0. The monoisotopic (exact) mass is 422 g/mol. The second-order valence-corrected chi connectivity index (χ2v) is 10.8. The lowest BCUT2D eigenvalue weighted by molar-refractivity contribution is 0.185. The Morgan fingerprint density at radius 2 is 1.32 bits per heavy atom. The van der Waals surface area contributed by atoms with E-state index in [9.17, 15) is 0 Å². The molecule has 0 N–H and O–H groups in total. The first-order valence-electron chi connectivity index (χ1n) is 14.0. The van der Waals surface area contributed by atoms with Gasteiger partial charge in [0.15, 0.2) is 0 Å².